The van der Waals surface area contributed by atoms with Gasteiger partial charge in [0.1, 0.15) is 5.75 Å². The lowest BCUT2D eigenvalue weighted by molar-refractivity contribution is -0.0290. The quantitative estimate of drug-likeness (QED) is 0.760. The molecule has 1 saturated heterocycles. The van der Waals surface area contributed by atoms with Gasteiger partial charge >= 0.3 is 0 Å². The van der Waals surface area contributed by atoms with Gasteiger partial charge in [0, 0.05) is 6.20 Å². The number of aromatic hydroxyl groups is 1. The van der Waals surface area contributed by atoms with E-state index in [1.54, 1.807) is 12.1 Å². The molecule has 6 nitrogen and oxygen atoms in total. The van der Waals surface area contributed by atoms with Crippen LogP contribution in [0.5, 0.6) is 5.75 Å². The molecule has 1 fully saturated rings. The summed E-state index contributed by atoms with van der Waals surface area (Å²) in [5.41, 5.74) is 5.09. The fraction of sp³-hybridized carbons (Fsp3) is 0.429. The summed E-state index contributed by atoms with van der Waals surface area (Å²) in [6.07, 6.45) is 6.02. The van der Waals surface area contributed by atoms with Crippen LogP contribution in [-0.2, 0) is 15.9 Å². The molecule has 6 heteroatoms. The number of aromatic nitrogens is 2. The Balaban J connectivity index is 1.50. The maximum atomic E-state index is 11.2. The van der Waals surface area contributed by atoms with Crippen molar-refractivity contribution in [2.24, 2.45) is 0 Å². The molecule has 0 bridgehead atoms. The summed E-state index contributed by atoms with van der Waals surface area (Å²) in [6.45, 7) is 2.81. The summed E-state index contributed by atoms with van der Waals surface area (Å²) in [5.74, 6) is 0.0509. The number of nitrogens with zero attached hydrogens (tertiary/aromatic N) is 2. The van der Waals surface area contributed by atoms with Crippen molar-refractivity contribution in [3.8, 4) is 5.75 Å². The predicted octanol–water partition coefficient (Wildman–Crippen LogP) is 3.17. The SMILES string of the molecule is O=Cc1c(O)cccc1CCCC1=C(c2ccnn2C2COC2)CCOC1. The molecule has 27 heavy (non-hydrogen) atoms. The third-order valence-electron chi connectivity index (χ3n) is 5.36. The number of carbonyl (C=O) groups excluding carboxylic acids is 1. The summed E-state index contributed by atoms with van der Waals surface area (Å²) in [4.78, 5) is 11.2. The first kappa shape index (κ1) is 17.9. The Labute approximate surface area is 158 Å². The van der Waals surface area contributed by atoms with Crippen molar-refractivity contribution < 1.29 is 19.4 Å². The van der Waals surface area contributed by atoms with E-state index in [1.165, 1.54) is 16.8 Å². The van der Waals surface area contributed by atoms with Crippen LogP contribution in [0.15, 0.2) is 36.0 Å². The third-order valence-corrected chi connectivity index (χ3v) is 5.36. The molecule has 3 heterocycles. The highest BCUT2D eigenvalue weighted by Crippen LogP contribution is 2.32. The lowest BCUT2D eigenvalue weighted by Crippen LogP contribution is -2.32. The van der Waals surface area contributed by atoms with Crippen LogP contribution < -0.4 is 0 Å². The van der Waals surface area contributed by atoms with Crippen LogP contribution in [0.25, 0.3) is 5.57 Å². The van der Waals surface area contributed by atoms with E-state index in [1.807, 2.05) is 12.3 Å². The Kier molecular flexibility index (Phi) is 5.36. The normalized spacial score (nSPS) is 17.8. The van der Waals surface area contributed by atoms with Crippen LogP contribution in [0.1, 0.15) is 46.9 Å². The van der Waals surface area contributed by atoms with Crippen molar-refractivity contribution >= 4 is 11.9 Å². The highest BCUT2D eigenvalue weighted by atomic mass is 16.5. The van der Waals surface area contributed by atoms with Crippen molar-refractivity contribution in [2.45, 2.75) is 31.7 Å². The number of carbonyl (C=O) groups is 1. The number of aldehydes is 1. The molecule has 2 aromatic rings. The Morgan fingerprint density at radius 2 is 2.11 bits per heavy atom. The van der Waals surface area contributed by atoms with Crippen molar-refractivity contribution in [3.63, 3.8) is 0 Å². The second kappa shape index (κ2) is 8.06. The number of hydrogen-bond acceptors (Lipinski definition) is 5. The van der Waals surface area contributed by atoms with E-state index in [-0.39, 0.29) is 5.75 Å². The summed E-state index contributed by atoms with van der Waals surface area (Å²) in [5, 5.41) is 14.3. The molecule has 0 unspecified atom stereocenters. The fourth-order valence-corrected chi connectivity index (χ4v) is 3.82. The van der Waals surface area contributed by atoms with E-state index in [0.29, 0.717) is 18.2 Å². The van der Waals surface area contributed by atoms with Crippen molar-refractivity contribution in [1.29, 1.82) is 0 Å². The molecule has 1 aromatic heterocycles. The Hall–Kier alpha value is -2.44. The van der Waals surface area contributed by atoms with Crippen LogP contribution >= 0.6 is 0 Å². The van der Waals surface area contributed by atoms with E-state index < -0.39 is 0 Å². The molecule has 0 atom stereocenters. The summed E-state index contributed by atoms with van der Waals surface area (Å²) < 4.78 is 13.1. The molecule has 1 aromatic carbocycles. The molecule has 0 spiro atoms. The van der Waals surface area contributed by atoms with E-state index >= 15 is 0 Å². The van der Waals surface area contributed by atoms with Crippen LogP contribution in [0.3, 0.4) is 0 Å². The number of phenols is 1. The molecule has 0 radical (unpaired) electrons. The number of ether oxygens (including phenoxy) is 2. The minimum Gasteiger partial charge on any atom is -0.507 e. The van der Waals surface area contributed by atoms with Gasteiger partial charge in [-0.05, 0) is 54.5 Å². The Bertz CT molecular complexity index is 852. The maximum absolute atomic E-state index is 11.2. The zero-order valence-electron chi connectivity index (χ0n) is 15.3. The van der Waals surface area contributed by atoms with Crippen LogP contribution in [0, 0.1) is 0 Å². The topological polar surface area (TPSA) is 73.6 Å². The summed E-state index contributed by atoms with van der Waals surface area (Å²) >= 11 is 0. The van der Waals surface area contributed by atoms with E-state index in [0.717, 1.165) is 57.4 Å². The van der Waals surface area contributed by atoms with Gasteiger partial charge in [0.15, 0.2) is 6.29 Å². The lowest BCUT2D eigenvalue weighted by atomic mass is 9.94. The van der Waals surface area contributed by atoms with Gasteiger partial charge in [-0.2, -0.15) is 5.10 Å². The molecule has 0 aliphatic carbocycles. The minimum atomic E-state index is 0.0509. The number of aryl methyl sites for hydroxylation is 1. The lowest BCUT2D eigenvalue weighted by Gasteiger charge is -2.29. The first-order valence-corrected chi connectivity index (χ1v) is 9.44. The Morgan fingerprint density at radius 3 is 2.89 bits per heavy atom. The average molecular weight is 368 g/mol. The number of phenolic OH excluding ortho intramolecular Hbond substituents is 1. The molecular formula is C21H24N2O4. The van der Waals surface area contributed by atoms with Crippen molar-refractivity contribution in [2.75, 3.05) is 26.4 Å². The third kappa shape index (κ3) is 3.68. The van der Waals surface area contributed by atoms with Gasteiger partial charge in [0.25, 0.3) is 0 Å². The predicted molar refractivity (Wildman–Crippen MR) is 101 cm³/mol. The highest BCUT2D eigenvalue weighted by molar-refractivity contribution is 5.81. The molecule has 142 valence electrons. The zero-order chi connectivity index (χ0) is 18.6. The van der Waals surface area contributed by atoms with E-state index in [2.05, 4.69) is 15.8 Å². The largest absolute Gasteiger partial charge is 0.507 e. The first-order chi connectivity index (χ1) is 13.3. The number of rotatable bonds is 7. The van der Waals surface area contributed by atoms with Gasteiger partial charge in [-0.15, -0.1) is 0 Å². The van der Waals surface area contributed by atoms with Gasteiger partial charge in [-0.25, -0.2) is 0 Å². The second-order valence-electron chi connectivity index (χ2n) is 7.06. The molecule has 2 aliphatic rings. The number of hydrogen-bond donors (Lipinski definition) is 1. The first-order valence-electron chi connectivity index (χ1n) is 9.44. The van der Waals surface area contributed by atoms with Crippen LogP contribution in [0.2, 0.25) is 0 Å². The minimum absolute atomic E-state index is 0.0509. The van der Waals surface area contributed by atoms with Gasteiger partial charge < -0.3 is 14.6 Å². The van der Waals surface area contributed by atoms with Gasteiger partial charge in [0.2, 0.25) is 0 Å². The number of benzene rings is 1. The van der Waals surface area contributed by atoms with E-state index in [9.17, 15) is 9.90 Å². The molecule has 0 saturated carbocycles. The van der Waals surface area contributed by atoms with Gasteiger partial charge in [-0.1, -0.05) is 12.1 Å². The summed E-state index contributed by atoms with van der Waals surface area (Å²) in [6, 6.07) is 7.65. The van der Waals surface area contributed by atoms with Crippen molar-refractivity contribution in [1.82, 2.24) is 9.78 Å². The van der Waals surface area contributed by atoms with Crippen LogP contribution in [-0.4, -0.2) is 47.6 Å². The van der Waals surface area contributed by atoms with Crippen molar-refractivity contribution in [3.05, 3.63) is 52.9 Å². The maximum Gasteiger partial charge on any atom is 0.154 e. The molecule has 4 rings (SSSR count). The smallest absolute Gasteiger partial charge is 0.154 e. The van der Waals surface area contributed by atoms with E-state index in [4.69, 9.17) is 9.47 Å². The fourth-order valence-electron chi connectivity index (χ4n) is 3.82. The van der Waals surface area contributed by atoms with Gasteiger partial charge in [0.05, 0.1) is 43.7 Å². The summed E-state index contributed by atoms with van der Waals surface area (Å²) in [7, 11) is 0. The standard InChI is InChI=1S/C21H24N2O4/c24-11-19-15(4-2-6-21(19)25)3-1-5-16-12-26-10-8-18(16)20-7-9-22-23(20)17-13-27-14-17/h2,4,6-7,9,11,17,25H,1,3,5,8,10,12-14H2. The second-order valence-corrected chi connectivity index (χ2v) is 7.06. The molecule has 0 amide bonds. The monoisotopic (exact) mass is 368 g/mol. The van der Waals surface area contributed by atoms with Gasteiger partial charge in [-0.3, -0.25) is 9.48 Å². The highest BCUT2D eigenvalue weighted by Gasteiger charge is 2.26. The molecule has 1 N–H and O–H groups in total. The molecule has 2 aliphatic heterocycles. The zero-order valence-corrected chi connectivity index (χ0v) is 15.3. The average Bonchev–Trinajstić information content (AvgIpc) is 3.10. The molecular weight excluding hydrogens is 344 g/mol. The van der Waals surface area contributed by atoms with Crippen LogP contribution in [0.4, 0.5) is 0 Å². The Morgan fingerprint density at radius 1 is 1.22 bits per heavy atom.